The number of nitrogens with one attached hydrogen (secondary N) is 2. The first-order valence-electron chi connectivity index (χ1n) is 6.02. The Morgan fingerprint density at radius 2 is 2.28 bits per heavy atom. The fourth-order valence-corrected chi connectivity index (χ4v) is 1.98. The molecule has 0 atom stereocenters. The summed E-state index contributed by atoms with van der Waals surface area (Å²) in [6, 6.07) is 5.36. The zero-order chi connectivity index (χ0) is 13.0. The summed E-state index contributed by atoms with van der Waals surface area (Å²) in [6.07, 6.45) is 3.81. The molecule has 2 rings (SSSR count). The van der Waals surface area contributed by atoms with Crippen molar-refractivity contribution in [3.05, 3.63) is 42.0 Å². The Hall–Kier alpha value is -2.10. The van der Waals surface area contributed by atoms with E-state index >= 15 is 0 Å². The lowest BCUT2D eigenvalue weighted by molar-refractivity contribution is -0.116. The summed E-state index contributed by atoms with van der Waals surface area (Å²) in [5.74, 6) is -0.0779. The molecule has 1 heterocycles. The Morgan fingerprint density at radius 3 is 3.06 bits per heavy atom. The Balaban J connectivity index is 2.21. The van der Waals surface area contributed by atoms with Crippen LogP contribution in [0.5, 0.6) is 0 Å². The van der Waals surface area contributed by atoms with E-state index in [9.17, 15) is 9.59 Å². The Labute approximate surface area is 106 Å². The zero-order valence-electron chi connectivity index (χ0n) is 10.2. The highest BCUT2D eigenvalue weighted by Crippen LogP contribution is 2.23. The fourth-order valence-electron chi connectivity index (χ4n) is 1.98. The van der Waals surface area contributed by atoms with E-state index in [0.29, 0.717) is 18.5 Å². The first-order valence-corrected chi connectivity index (χ1v) is 6.02. The third kappa shape index (κ3) is 2.77. The van der Waals surface area contributed by atoms with Crippen LogP contribution in [0, 0.1) is 0 Å². The number of amides is 2. The van der Waals surface area contributed by atoms with E-state index in [4.69, 9.17) is 0 Å². The molecule has 4 nitrogen and oxygen atoms in total. The molecule has 0 fully saturated rings. The van der Waals surface area contributed by atoms with Gasteiger partial charge in [-0.3, -0.25) is 9.59 Å². The molecule has 0 bridgehead atoms. The molecular formula is C14H16N2O2. The number of fused-ring (bicyclic) bond motifs is 1. The quantitative estimate of drug-likeness (QED) is 0.797. The van der Waals surface area contributed by atoms with E-state index in [1.165, 1.54) is 0 Å². The number of anilines is 1. The van der Waals surface area contributed by atoms with Gasteiger partial charge in [-0.25, -0.2) is 0 Å². The maximum atomic E-state index is 11.8. The smallest absolute Gasteiger partial charge is 0.251 e. The number of hydrogen-bond donors (Lipinski definition) is 2. The summed E-state index contributed by atoms with van der Waals surface area (Å²) >= 11 is 0. The molecule has 0 aliphatic carbocycles. The molecule has 1 aromatic carbocycles. The molecule has 2 N–H and O–H groups in total. The van der Waals surface area contributed by atoms with Crippen LogP contribution in [0.25, 0.3) is 0 Å². The lowest BCUT2D eigenvalue weighted by Gasteiger charge is -2.09. The van der Waals surface area contributed by atoms with Crippen LogP contribution in [-0.4, -0.2) is 18.4 Å². The zero-order valence-corrected chi connectivity index (χ0v) is 10.2. The third-order valence-corrected chi connectivity index (χ3v) is 2.90. The first kappa shape index (κ1) is 12.4. The van der Waals surface area contributed by atoms with Gasteiger partial charge in [0.25, 0.3) is 5.91 Å². The summed E-state index contributed by atoms with van der Waals surface area (Å²) in [5.41, 5.74) is 2.46. The standard InChI is InChI=1S/C14H16N2O2/c1-2-8-15-14(18)11-6-7-12-10(9-11)4-3-5-13(17)16-12/h2,6-7,9H,1,3-5,8H2,(H,15,18)(H,16,17). The molecule has 0 spiro atoms. The van der Waals surface area contributed by atoms with E-state index in [1.807, 2.05) is 6.07 Å². The number of aryl methyl sites for hydroxylation is 1. The van der Waals surface area contributed by atoms with Crippen LogP contribution in [0.3, 0.4) is 0 Å². The second kappa shape index (κ2) is 5.49. The minimum Gasteiger partial charge on any atom is -0.349 e. The predicted octanol–water partition coefficient (Wildman–Crippen LogP) is 1.88. The van der Waals surface area contributed by atoms with Gasteiger partial charge in [-0.15, -0.1) is 6.58 Å². The van der Waals surface area contributed by atoms with Crippen molar-refractivity contribution in [1.82, 2.24) is 5.32 Å². The van der Waals surface area contributed by atoms with E-state index in [0.717, 1.165) is 24.1 Å². The van der Waals surface area contributed by atoms with Gasteiger partial charge in [0, 0.05) is 24.2 Å². The van der Waals surface area contributed by atoms with Crippen LogP contribution in [0.2, 0.25) is 0 Å². The third-order valence-electron chi connectivity index (χ3n) is 2.90. The number of rotatable bonds is 3. The SMILES string of the molecule is C=CCNC(=O)c1ccc2c(c1)CCCC(=O)N2. The molecule has 2 amide bonds. The van der Waals surface area contributed by atoms with Crippen LogP contribution < -0.4 is 10.6 Å². The maximum absolute atomic E-state index is 11.8. The molecule has 4 heteroatoms. The Bertz CT molecular complexity index is 495. The molecule has 18 heavy (non-hydrogen) atoms. The van der Waals surface area contributed by atoms with Crippen LogP contribution in [-0.2, 0) is 11.2 Å². The predicted molar refractivity (Wildman–Crippen MR) is 70.5 cm³/mol. The molecular weight excluding hydrogens is 228 g/mol. The van der Waals surface area contributed by atoms with E-state index in [2.05, 4.69) is 17.2 Å². The molecule has 0 aromatic heterocycles. The van der Waals surface area contributed by atoms with Gasteiger partial charge in [0.15, 0.2) is 0 Å². The van der Waals surface area contributed by atoms with Gasteiger partial charge in [0.2, 0.25) is 5.91 Å². The van der Waals surface area contributed by atoms with E-state index in [1.54, 1.807) is 18.2 Å². The van der Waals surface area contributed by atoms with Gasteiger partial charge < -0.3 is 10.6 Å². The van der Waals surface area contributed by atoms with Gasteiger partial charge in [-0.1, -0.05) is 6.08 Å². The summed E-state index contributed by atoms with van der Waals surface area (Å²) < 4.78 is 0. The van der Waals surface area contributed by atoms with Gasteiger partial charge in [0.1, 0.15) is 0 Å². The van der Waals surface area contributed by atoms with Crippen molar-refractivity contribution in [3.63, 3.8) is 0 Å². The normalized spacial score (nSPS) is 14.1. The highest BCUT2D eigenvalue weighted by molar-refractivity contribution is 5.97. The van der Waals surface area contributed by atoms with Crippen molar-refractivity contribution in [1.29, 1.82) is 0 Å². The van der Waals surface area contributed by atoms with Crippen LogP contribution in [0.4, 0.5) is 5.69 Å². The van der Waals surface area contributed by atoms with Crippen molar-refractivity contribution in [2.45, 2.75) is 19.3 Å². The molecule has 1 aromatic rings. The molecule has 0 saturated carbocycles. The lowest BCUT2D eigenvalue weighted by atomic mass is 10.0. The second-order valence-electron chi connectivity index (χ2n) is 4.27. The largest absolute Gasteiger partial charge is 0.349 e. The summed E-state index contributed by atoms with van der Waals surface area (Å²) in [4.78, 5) is 23.2. The van der Waals surface area contributed by atoms with Crippen LogP contribution in [0.15, 0.2) is 30.9 Å². The first-order chi connectivity index (χ1) is 8.70. The monoisotopic (exact) mass is 244 g/mol. The minimum absolute atomic E-state index is 0.0395. The van der Waals surface area contributed by atoms with Crippen molar-refractivity contribution in [2.24, 2.45) is 0 Å². The molecule has 0 saturated heterocycles. The van der Waals surface area contributed by atoms with E-state index in [-0.39, 0.29) is 11.8 Å². The Kier molecular flexibility index (Phi) is 3.77. The van der Waals surface area contributed by atoms with Crippen LogP contribution >= 0.6 is 0 Å². The fraction of sp³-hybridized carbons (Fsp3) is 0.286. The average Bonchev–Trinajstić information content (AvgIpc) is 2.55. The molecule has 1 aliphatic heterocycles. The maximum Gasteiger partial charge on any atom is 0.251 e. The average molecular weight is 244 g/mol. The van der Waals surface area contributed by atoms with Gasteiger partial charge in [0.05, 0.1) is 0 Å². The van der Waals surface area contributed by atoms with Crippen molar-refractivity contribution in [3.8, 4) is 0 Å². The van der Waals surface area contributed by atoms with Crippen LogP contribution in [0.1, 0.15) is 28.8 Å². The lowest BCUT2D eigenvalue weighted by Crippen LogP contribution is -2.23. The van der Waals surface area contributed by atoms with Gasteiger partial charge in [-0.05, 0) is 36.6 Å². The number of carbonyl (C=O) groups is 2. The Morgan fingerprint density at radius 1 is 1.44 bits per heavy atom. The number of benzene rings is 1. The molecule has 94 valence electrons. The van der Waals surface area contributed by atoms with Gasteiger partial charge >= 0.3 is 0 Å². The van der Waals surface area contributed by atoms with Crippen molar-refractivity contribution in [2.75, 3.05) is 11.9 Å². The highest BCUT2D eigenvalue weighted by Gasteiger charge is 2.14. The van der Waals surface area contributed by atoms with Gasteiger partial charge in [-0.2, -0.15) is 0 Å². The molecule has 0 unspecified atom stereocenters. The number of carbonyl (C=O) groups excluding carboxylic acids is 2. The molecule has 1 aliphatic rings. The van der Waals surface area contributed by atoms with E-state index < -0.39 is 0 Å². The summed E-state index contributed by atoms with van der Waals surface area (Å²) in [7, 11) is 0. The topological polar surface area (TPSA) is 58.2 Å². The second-order valence-corrected chi connectivity index (χ2v) is 4.27. The minimum atomic E-state index is -0.117. The number of hydrogen-bond acceptors (Lipinski definition) is 2. The highest BCUT2D eigenvalue weighted by atomic mass is 16.2. The summed E-state index contributed by atoms with van der Waals surface area (Å²) in [5, 5.41) is 5.58. The van der Waals surface area contributed by atoms with Crippen molar-refractivity contribution < 1.29 is 9.59 Å². The molecule has 0 radical (unpaired) electrons. The van der Waals surface area contributed by atoms with Crippen molar-refractivity contribution >= 4 is 17.5 Å². The summed E-state index contributed by atoms with van der Waals surface area (Å²) in [6.45, 7) is 4.01.